The minimum Gasteiger partial charge on any atom is -0.497 e. The third-order valence-corrected chi connectivity index (χ3v) is 2.62. The summed E-state index contributed by atoms with van der Waals surface area (Å²) in [6, 6.07) is 7.41. The van der Waals surface area contributed by atoms with E-state index < -0.39 is 6.04 Å². The lowest BCUT2D eigenvalue weighted by molar-refractivity contribution is -0.122. The van der Waals surface area contributed by atoms with Gasteiger partial charge in [0.1, 0.15) is 5.75 Å². The second-order valence-electron chi connectivity index (χ2n) is 3.91. The first-order chi connectivity index (χ1) is 8.17. The molecule has 1 atom stereocenters. The van der Waals surface area contributed by atoms with E-state index in [2.05, 4.69) is 5.32 Å². The van der Waals surface area contributed by atoms with E-state index in [-0.39, 0.29) is 5.91 Å². The minimum absolute atomic E-state index is 0.0876. The number of nitrogens with two attached hydrogens (primary N) is 1. The largest absolute Gasteiger partial charge is 0.497 e. The highest BCUT2D eigenvalue weighted by atomic mass is 16.5. The van der Waals surface area contributed by atoms with Crippen LogP contribution in [0.1, 0.15) is 18.9 Å². The third kappa shape index (κ3) is 4.44. The maximum atomic E-state index is 11.4. The van der Waals surface area contributed by atoms with Crippen molar-refractivity contribution in [3.8, 4) is 5.75 Å². The van der Waals surface area contributed by atoms with Gasteiger partial charge in [-0.05, 0) is 30.5 Å². The van der Waals surface area contributed by atoms with E-state index in [0.717, 1.165) is 17.7 Å². The maximum absolute atomic E-state index is 11.4. The average molecular weight is 236 g/mol. The first kappa shape index (κ1) is 13.5. The minimum atomic E-state index is -0.402. The molecule has 0 aliphatic carbocycles. The van der Waals surface area contributed by atoms with Gasteiger partial charge in [-0.15, -0.1) is 0 Å². The Morgan fingerprint density at radius 1 is 1.53 bits per heavy atom. The average Bonchev–Trinajstić information content (AvgIpc) is 2.37. The molecule has 0 radical (unpaired) electrons. The van der Waals surface area contributed by atoms with Gasteiger partial charge in [0, 0.05) is 6.54 Å². The predicted molar refractivity (Wildman–Crippen MR) is 68.0 cm³/mol. The van der Waals surface area contributed by atoms with E-state index in [4.69, 9.17) is 10.5 Å². The van der Waals surface area contributed by atoms with Crippen LogP contribution in [0.3, 0.4) is 0 Å². The molecule has 3 N–H and O–H groups in total. The molecule has 17 heavy (non-hydrogen) atoms. The molecule has 94 valence electrons. The van der Waals surface area contributed by atoms with Crippen LogP contribution in [0.15, 0.2) is 24.3 Å². The Morgan fingerprint density at radius 3 is 2.94 bits per heavy atom. The summed E-state index contributed by atoms with van der Waals surface area (Å²) in [5.74, 6) is 0.745. The Balaban J connectivity index is 2.37. The number of rotatable bonds is 6. The van der Waals surface area contributed by atoms with Crippen LogP contribution >= 0.6 is 0 Å². The molecule has 1 aromatic rings. The van der Waals surface area contributed by atoms with Crippen LogP contribution in [-0.2, 0) is 11.2 Å². The molecular weight excluding hydrogens is 216 g/mol. The van der Waals surface area contributed by atoms with Crippen molar-refractivity contribution in [3.63, 3.8) is 0 Å². The summed E-state index contributed by atoms with van der Waals surface area (Å²) in [5, 5.41) is 2.81. The number of carbonyl (C=O) groups excluding carboxylic acids is 1. The number of carbonyl (C=O) groups is 1. The monoisotopic (exact) mass is 236 g/mol. The van der Waals surface area contributed by atoms with Crippen molar-refractivity contribution < 1.29 is 9.53 Å². The van der Waals surface area contributed by atoms with Crippen molar-refractivity contribution in [2.45, 2.75) is 25.8 Å². The quantitative estimate of drug-likeness (QED) is 0.777. The molecule has 1 aromatic carbocycles. The number of amides is 1. The fraction of sp³-hybridized carbons (Fsp3) is 0.462. The van der Waals surface area contributed by atoms with Gasteiger partial charge in [-0.3, -0.25) is 4.79 Å². The SMILES string of the molecule is CC[C@H](N)C(=O)NCCc1cccc(OC)c1. The lowest BCUT2D eigenvalue weighted by Crippen LogP contribution is -2.40. The van der Waals surface area contributed by atoms with Crippen molar-refractivity contribution in [1.29, 1.82) is 0 Å². The molecule has 1 amide bonds. The molecular formula is C13H20N2O2. The molecule has 0 heterocycles. The Labute approximate surface area is 102 Å². The Bertz CT molecular complexity index is 366. The summed E-state index contributed by atoms with van der Waals surface area (Å²) in [7, 11) is 1.64. The highest BCUT2D eigenvalue weighted by Crippen LogP contribution is 2.12. The summed E-state index contributed by atoms with van der Waals surface area (Å²) >= 11 is 0. The number of hydrogen-bond acceptors (Lipinski definition) is 3. The molecule has 0 aliphatic rings. The normalized spacial score (nSPS) is 11.9. The van der Waals surface area contributed by atoms with Gasteiger partial charge in [-0.1, -0.05) is 19.1 Å². The second-order valence-corrected chi connectivity index (χ2v) is 3.91. The number of benzene rings is 1. The van der Waals surface area contributed by atoms with E-state index in [1.165, 1.54) is 0 Å². The lowest BCUT2D eigenvalue weighted by Gasteiger charge is -2.10. The number of hydrogen-bond donors (Lipinski definition) is 2. The van der Waals surface area contributed by atoms with E-state index in [1.54, 1.807) is 7.11 Å². The zero-order valence-corrected chi connectivity index (χ0v) is 10.4. The van der Waals surface area contributed by atoms with Crippen LogP contribution in [0, 0.1) is 0 Å². The molecule has 0 aliphatic heterocycles. The van der Waals surface area contributed by atoms with Crippen LogP contribution in [-0.4, -0.2) is 25.6 Å². The molecule has 0 spiro atoms. The second kappa shape index (κ2) is 6.91. The molecule has 0 aromatic heterocycles. The topological polar surface area (TPSA) is 64.4 Å². The molecule has 4 heteroatoms. The van der Waals surface area contributed by atoms with Crippen LogP contribution < -0.4 is 15.8 Å². The molecule has 0 saturated carbocycles. The Morgan fingerprint density at radius 2 is 2.29 bits per heavy atom. The summed E-state index contributed by atoms with van der Waals surface area (Å²) in [6.07, 6.45) is 1.43. The molecule has 0 saturated heterocycles. The van der Waals surface area contributed by atoms with Crippen molar-refractivity contribution in [2.75, 3.05) is 13.7 Å². The summed E-state index contributed by atoms with van der Waals surface area (Å²) in [5.41, 5.74) is 6.74. The maximum Gasteiger partial charge on any atom is 0.236 e. The summed E-state index contributed by atoms with van der Waals surface area (Å²) in [4.78, 5) is 11.4. The van der Waals surface area contributed by atoms with Crippen molar-refractivity contribution >= 4 is 5.91 Å². The van der Waals surface area contributed by atoms with Crippen molar-refractivity contribution in [2.24, 2.45) is 5.73 Å². The number of methoxy groups -OCH3 is 1. The van der Waals surface area contributed by atoms with Crippen molar-refractivity contribution in [1.82, 2.24) is 5.32 Å². The Kier molecular flexibility index (Phi) is 5.49. The van der Waals surface area contributed by atoms with Gasteiger partial charge in [0.15, 0.2) is 0 Å². The van der Waals surface area contributed by atoms with Crippen LogP contribution in [0.2, 0.25) is 0 Å². The zero-order valence-electron chi connectivity index (χ0n) is 10.4. The summed E-state index contributed by atoms with van der Waals surface area (Å²) < 4.78 is 5.13. The highest BCUT2D eigenvalue weighted by Gasteiger charge is 2.09. The van der Waals surface area contributed by atoms with Crippen LogP contribution in [0.4, 0.5) is 0 Å². The van der Waals surface area contributed by atoms with Gasteiger partial charge in [-0.25, -0.2) is 0 Å². The number of ether oxygens (including phenoxy) is 1. The molecule has 1 rings (SSSR count). The lowest BCUT2D eigenvalue weighted by atomic mass is 10.1. The van der Waals surface area contributed by atoms with E-state index in [0.29, 0.717) is 13.0 Å². The molecule has 0 bridgehead atoms. The molecule has 0 unspecified atom stereocenters. The summed E-state index contributed by atoms with van der Waals surface area (Å²) in [6.45, 7) is 2.49. The van der Waals surface area contributed by atoms with Gasteiger partial charge in [0.25, 0.3) is 0 Å². The van der Waals surface area contributed by atoms with Gasteiger partial charge < -0.3 is 15.8 Å². The van der Waals surface area contributed by atoms with Gasteiger partial charge in [0.05, 0.1) is 13.2 Å². The fourth-order valence-electron chi connectivity index (χ4n) is 1.47. The van der Waals surface area contributed by atoms with Gasteiger partial charge in [-0.2, -0.15) is 0 Å². The first-order valence-electron chi connectivity index (χ1n) is 5.83. The smallest absolute Gasteiger partial charge is 0.236 e. The third-order valence-electron chi connectivity index (χ3n) is 2.62. The van der Waals surface area contributed by atoms with Gasteiger partial charge >= 0.3 is 0 Å². The van der Waals surface area contributed by atoms with Crippen molar-refractivity contribution in [3.05, 3.63) is 29.8 Å². The van der Waals surface area contributed by atoms with E-state index in [9.17, 15) is 4.79 Å². The van der Waals surface area contributed by atoms with Crippen LogP contribution in [0.5, 0.6) is 5.75 Å². The zero-order chi connectivity index (χ0) is 12.7. The first-order valence-corrected chi connectivity index (χ1v) is 5.83. The fourth-order valence-corrected chi connectivity index (χ4v) is 1.47. The standard InChI is InChI=1S/C13H20N2O2/c1-3-12(14)13(16)15-8-7-10-5-4-6-11(9-10)17-2/h4-6,9,12H,3,7-8,14H2,1-2H3,(H,15,16)/t12-/m0/s1. The predicted octanol–water partition coefficient (Wildman–Crippen LogP) is 1.09. The molecule has 4 nitrogen and oxygen atoms in total. The van der Waals surface area contributed by atoms with E-state index in [1.807, 2.05) is 31.2 Å². The van der Waals surface area contributed by atoms with E-state index >= 15 is 0 Å². The van der Waals surface area contributed by atoms with Crippen LogP contribution in [0.25, 0.3) is 0 Å². The Hall–Kier alpha value is -1.55. The van der Waals surface area contributed by atoms with Gasteiger partial charge in [0.2, 0.25) is 5.91 Å². The molecule has 0 fully saturated rings. The number of nitrogens with one attached hydrogen (secondary N) is 1. The highest BCUT2D eigenvalue weighted by molar-refractivity contribution is 5.81.